The van der Waals surface area contributed by atoms with Crippen LogP contribution in [0, 0.1) is 33.0 Å². The number of halogens is 1. The molecule has 25 heavy (non-hydrogen) atoms. The molecular weight excluding hydrogens is 378 g/mol. The highest BCUT2D eigenvalue weighted by atomic mass is 79.9. The molecule has 4 bridgehead atoms. The molecule has 4 heteroatoms. The van der Waals surface area contributed by atoms with Crippen LogP contribution >= 0.6 is 15.9 Å². The molecule has 6 unspecified atom stereocenters. The number of hydrogen-bond acceptors (Lipinski definition) is 2. The zero-order valence-electron chi connectivity index (χ0n) is 16.5. The molecule has 6 atom stereocenters. The smallest absolute Gasteiger partial charge is 0.228 e. The number of Topliss-reactive ketones (excluding diaryl/α,β-unsaturated/α-hetero) is 1. The van der Waals surface area contributed by atoms with Crippen LogP contribution in [-0.2, 0) is 9.59 Å². The number of hydrogen-bond donors (Lipinski definition) is 1. The topological polar surface area (TPSA) is 46.2 Å². The Hall–Kier alpha value is -0.380. The zero-order chi connectivity index (χ0) is 18.6. The van der Waals surface area contributed by atoms with Crippen molar-refractivity contribution in [2.45, 2.75) is 84.5 Å². The zero-order valence-corrected chi connectivity index (χ0v) is 18.0. The van der Waals surface area contributed by atoms with E-state index < -0.39 is 10.8 Å². The molecule has 0 aliphatic heterocycles. The first-order valence-electron chi connectivity index (χ1n) is 9.86. The number of alkyl halides is 1. The monoisotopic (exact) mass is 409 g/mol. The van der Waals surface area contributed by atoms with Gasteiger partial charge in [0, 0.05) is 11.5 Å². The van der Waals surface area contributed by atoms with Crippen molar-refractivity contribution in [1.29, 1.82) is 0 Å². The first-order valence-corrected chi connectivity index (χ1v) is 10.8. The van der Waals surface area contributed by atoms with Crippen molar-refractivity contribution in [1.82, 2.24) is 5.32 Å². The Morgan fingerprint density at radius 3 is 2.16 bits per heavy atom. The fourth-order valence-corrected chi connectivity index (χ4v) is 8.68. The van der Waals surface area contributed by atoms with Gasteiger partial charge in [0.1, 0.15) is 0 Å². The van der Waals surface area contributed by atoms with Crippen molar-refractivity contribution in [3.05, 3.63) is 0 Å². The van der Waals surface area contributed by atoms with E-state index in [1.807, 2.05) is 0 Å². The van der Waals surface area contributed by atoms with Crippen molar-refractivity contribution in [2.24, 2.45) is 33.0 Å². The van der Waals surface area contributed by atoms with E-state index in [0.29, 0.717) is 5.92 Å². The standard InChI is InChI=1S/C21H32BrNO2/c1-17(2)12-7-8-19(17,5)13(11-12)23-16(25)21-10-9-20(6,18(21,3)4)15(24)14(21)22/h12-14H,7-11H2,1-6H3,(H,23,25). The van der Waals surface area contributed by atoms with E-state index in [4.69, 9.17) is 0 Å². The fraction of sp³-hybridized carbons (Fsp3) is 0.905. The molecule has 140 valence electrons. The lowest BCUT2D eigenvalue weighted by atomic mass is 9.64. The second kappa shape index (κ2) is 4.72. The predicted octanol–water partition coefficient (Wildman–Crippen LogP) is 4.48. The minimum atomic E-state index is -0.610. The first kappa shape index (κ1) is 18.0. The van der Waals surface area contributed by atoms with Crippen LogP contribution in [0.15, 0.2) is 0 Å². The summed E-state index contributed by atoms with van der Waals surface area (Å²) in [7, 11) is 0. The lowest BCUT2D eigenvalue weighted by molar-refractivity contribution is -0.137. The molecule has 0 aromatic heterocycles. The van der Waals surface area contributed by atoms with E-state index in [1.54, 1.807) is 0 Å². The quantitative estimate of drug-likeness (QED) is 0.683. The van der Waals surface area contributed by atoms with Crippen LogP contribution in [0.1, 0.15) is 73.6 Å². The number of amides is 1. The molecule has 0 aromatic carbocycles. The van der Waals surface area contributed by atoms with Gasteiger partial charge in [-0.2, -0.15) is 0 Å². The predicted molar refractivity (Wildman–Crippen MR) is 102 cm³/mol. The van der Waals surface area contributed by atoms with Crippen molar-refractivity contribution < 1.29 is 9.59 Å². The first-order chi connectivity index (χ1) is 11.4. The van der Waals surface area contributed by atoms with Crippen LogP contribution in [0.25, 0.3) is 0 Å². The van der Waals surface area contributed by atoms with E-state index >= 15 is 0 Å². The maximum atomic E-state index is 13.6. The van der Waals surface area contributed by atoms with Gasteiger partial charge >= 0.3 is 0 Å². The molecule has 0 spiro atoms. The molecule has 0 radical (unpaired) electrons. The lowest BCUT2D eigenvalue weighted by Crippen LogP contribution is -2.56. The molecule has 4 aliphatic carbocycles. The summed E-state index contributed by atoms with van der Waals surface area (Å²) in [6.45, 7) is 13.4. The summed E-state index contributed by atoms with van der Waals surface area (Å²) in [6, 6.07) is 0.237. The molecule has 0 saturated heterocycles. The van der Waals surface area contributed by atoms with E-state index in [-0.39, 0.29) is 38.8 Å². The van der Waals surface area contributed by atoms with Crippen LogP contribution in [0.5, 0.6) is 0 Å². The summed E-state index contributed by atoms with van der Waals surface area (Å²) in [4.78, 5) is 26.2. The van der Waals surface area contributed by atoms with Gasteiger partial charge in [-0.25, -0.2) is 0 Å². The SMILES string of the molecule is CC12CCC(C(=O)NC3CC4CCC3(C)C4(C)C)(C(Br)C1=O)C2(C)C. The lowest BCUT2D eigenvalue weighted by Gasteiger charge is -2.44. The van der Waals surface area contributed by atoms with E-state index in [0.717, 1.165) is 19.3 Å². The van der Waals surface area contributed by atoms with Gasteiger partial charge in [-0.15, -0.1) is 0 Å². The van der Waals surface area contributed by atoms with Gasteiger partial charge in [0.05, 0.1) is 10.2 Å². The molecule has 0 heterocycles. The van der Waals surface area contributed by atoms with Crippen molar-refractivity contribution >= 4 is 27.6 Å². The third kappa shape index (κ3) is 1.66. The Kier molecular flexibility index (Phi) is 3.40. The molecule has 3 nitrogen and oxygen atoms in total. The van der Waals surface area contributed by atoms with Gasteiger partial charge in [0.15, 0.2) is 5.78 Å². The number of ketones is 1. The molecule has 1 amide bonds. The second-order valence-electron chi connectivity index (χ2n) is 10.8. The Morgan fingerprint density at radius 2 is 1.72 bits per heavy atom. The highest BCUT2D eigenvalue weighted by molar-refractivity contribution is 9.10. The number of carbonyl (C=O) groups excluding carboxylic acids is 2. The highest BCUT2D eigenvalue weighted by Gasteiger charge is 2.77. The van der Waals surface area contributed by atoms with Gasteiger partial charge in [0.2, 0.25) is 5.91 Å². The van der Waals surface area contributed by atoms with Crippen molar-refractivity contribution in [3.63, 3.8) is 0 Å². The Morgan fingerprint density at radius 1 is 1.08 bits per heavy atom. The molecule has 4 fully saturated rings. The number of fused-ring (bicyclic) bond motifs is 4. The maximum Gasteiger partial charge on any atom is 0.228 e. The van der Waals surface area contributed by atoms with Gasteiger partial charge in [-0.3, -0.25) is 9.59 Å². The second-order valence-corrected chi connectivity index (χ2v) is 11.7. The minimum Gasteiger partial charge on any atom is -0.352 e. The normalized spacial score (nSPS) is 52.0. The summed E-state index contributed by atoms with van der Waals surface area (Å²) in [6.07, 6.45) is 5.19. The van der Waals surface area contributed by atoms with Gasteiger partial charge in [0.25, 0.3) is 0 Å². The van der Waals surface area contributed by atoms with Crippen molar-refractivity contribution in [3.8, 4) is 0 Å². The Balaban J connectivity index is 1.66. The van der Waals surface area contributed by atoms with E-state index in [1.165, 1.54) is 12.8 Å². The Bertz CT molecular complexity index is 671. The molecule has 0 aromatic rings. The number of rotatable bonds is 2. The van der Waals surface area contributed by atoms with Crippen LogP contribution < -0.4 is 5.32 Å². The maximum absolute atomic E-state index is 13.6. The summed E-state index contributed by atoms with van der Waals surface area (Å²) in [5, 5.41) is 3.47. The van der Waals surface area contributed by atoms with Crippen LogP contribution in [0.2, 0.25) is 0 Å². The summed E-state index contributed by atoms with van der Waals surface area (Å²) in [5.74, 6) is 1.04. The molecule has 4 rings (SSSR count). The summed E-state index contributed by atoms with van der Waals surface area (Å²) in [5.41, 5.74) is -0.872. The highest BCUT2D eigenvalue weighted by Crippen LogP contribution is 2.72. The van der Waals surface area contributed by atoms with Crippen LogP contribution in [0.3, 0.4) is 0 Å². The average molecular weight is 410 g/mol. The Labute approximate surface area is 160 Å². The molecule has 4 saturated carbocycles. The van der Waals surface area contributed by atoms with Gasteiger partial charge in [-0.1, -0.05) is 57.5 Å². The minimum absolute atomic E-state index is 0.114. The van der Waals surface area contributed by atoms with Crippen LogP contribution in [0.4, 0.5) is 0 Å². The van der Waals surface area contributed by atoms with Gasteiger partial charge in [-0.05, 0) is 54.3 Å². The average Bonchev–Trinajstić information content (AvgIpc) is 2.99. The number of carbonyl (C=O) groups is 2. The third-order valence-electron chi connectivity index (χ3n) is 10.2. The summed E-state index contributed by atoms with van der Waals surface area (Å²) >= 11 is 3.65. The number of nitrogens with one attached hydrogen (secondary N) is 1. The third-order valence-corrected chi connectivity index (χ3v) is 11.4. The largest absolute Gasteiger partial charge is 0.352 e. The van der Waals surface area contributed by atoms with E-state index in [2.05, 4.69) is 62.8 Å². The molecule has 1 N–H and O–H groups in total. The molecular formula is C21H32BrNO2. The van der Waals surface area contributed by atoms with Crippen molar-refractivity contribution in [2.75, 3.05) is 0 Å². The summed E-state index contributed by atoms with van der Waals surface area (Å²) < 4.78 is 0. The fourth-order valence-electron chi connectivity index (χ4n) is 7.16. The van der Waals surface area contributed by atoms with Crippen LogP contribution in [-0.4, -0.2) is 22.6 Å². The van der Waals surface area contributed by atoms with E-state index in [9.17, 15) is 9.59 Å². The van der Waals surface area contributed by atoms with Gasteiger partial charge < -0.3 is 5.32 Å². The molecule has 4 aliphatic rings.